The number of rotatable bonds is 9. The first-order valence-electron chi connectivity index (χ1n) is 11.2. The first-order valence-corrected chi connectivity index (χ1v) is 11.6. The molecule has 1 saturated carbocycles. The predicted molar refractivity (Wildman–Crippen MR) is 121 cm³/mol. The number of hydrogen-bond acceptors (Lipinski definition) is 4. The number of nitrogens with zero attached hydrogens (tertiary/aromatic N) is 1. The van der Waals surface area contributed by atoms with Crippen LogP contribution in [0.3, 0.4) is 0 Å². The van der Waals surface area contributed by atoms with Gasteiger partial charge in [0.05, 0.1) is 7.11 Å². The lowest BCUT2D eigenvalue weighted by molar-refractivity contribution is -0.142. The first kappa shape index (κ1) is 23.5. The Kier molecular flexibility index (Phi) is 8.64. The maximum atomic E-state index is 13.3. The third-order valence-corrected chi connectivity index (χ3v) is 6.22. The molecule has 2 amide bonds. The molecule has 1 N–H and O–H groups in total. The topological polar surface area (TPSA) is 67.9 Å². The van der Waals surface area contributed by atoms with Crippen molar-refractivity contribution in [3.05, 3.63) is 35.4 Å². The van der Waals surface area contributed by atoms with E-state index >= 15 is 0 Å². The van der Waals surface area contributed by atoms with E-state index in [9.17, 15) is 9.59 Å². The number of halogens is 1. The molecule has 0 radical (unpaired) electrons. The van der Waals surface area contributed by atoms with Crippen LogP contribution in [0.5, 0.6) is 11.5 Å². The van der Waals surface area contributed by atoms with Gasteiger partial charge in [0.2, 0.25) is 11.8 Å². The fraction of sp³-hybridized carbons (Fsp3) is 0.583. The van der Waals surface area contributed by atoms with Gasteiger partial charge >= 0.3 is 0 Å². The molecule has 3 rings (SSSR count). The van der Waals surface area contributed by atoms with Crippen molar-refractivity contribution in [2.45, 2.75) is 64.0 Å². The second-order valence-electron chi connectivity index (χ2n) is 8.47. The molecule has 0 aromatic heterocycles. The molecule has 6 nitrogen and oxygen atoms in total. The second kappa shape index (κ2) is 11.4. The van der Waals surface area contributed by atoms with Crippen LogP contribution in [-0.2, 0) is 16.1 Å². The van der Waals surface area contributed by atoms with Crippen LogP contribution in [0.4, 0.5) is 0 Å². The van der Waals surface area contributed by atoms with Gasteiger partial charge in [-0.1, -0.05) is 37.1 Å². The van der Waals surface area contributed by atoms with Gasteiger partial charge in [-0.05, 0) is 55.7 Å². The summed E-state index contributed by atoms with van der Waals surface area (Å²) in [4.78, 5) is 27.9. The van der Waals surface area contributed by atoms with Crippen molar-refractivity contribution in [1.29, 1.82) is 0 Å². The summed E-state index contributed by atoms with van der Waals surface area (Å²) in [6.45, 7) is 4.84. The molecule has 1 atom stereocenters. The van der Waals surface area contributed by atoms with Crippen LogP contribution in [0.1, 0.15) is 56.9 Å². The minimum absolute atomic E-state index is 0.0549. The number of carbonyl (C=O) groups excluding carboxylic acids is 2. The number of ether oxygens (including phenoxy) is 2. The molecule has 2 aliphatic rings. The van der Waals surface area contributed by atoms with Crippen LogP contribution in [0.2, 0.25) is 0 Å². The van der Waals surface area contributed by atoms with E-state index in [4.69, 9.17) is 21.1 Å². The van der Waals surface area contributed by atoms with Crippen molar-refractivity contribution in [2.75, 3.05) is 20.3 Å². The summed E-state index contributed by atoms with van der Waals surface area (Å²) in [7, 11) is 1.57. The minimum Gasteiger partial charge on any atom is -0.493 e. The minimum atomic E-state index is -0.439. The standard InChI is InChI=1S/C24H33ClN2O4/c1-17(25)16-31-22-13-19(10-11-21(22)30-2)15-27(20-9-5-6-12-26-24(20)29)23(28)14-18-7-3-4-8-18/h10-11,13,18,20H,1,3-9,12,14-16H2,2H3,(H,26,29)/t20-/m0/s1. The third kappa shape index (κ3) is 6.63. The SMILES string of the molecule is C=C(Cl)COc1cc(CN(C(=O)CC2CCCC2)[C@H]2CCCCNC2=O)ccc1OC. The average molecular weight is 449 g/mol. The molecule has 2 fully saturated rings. The van der Waals surface area contributed by atoms with Gasteiger partial charge in [-0.2, -0.15) is 0 Å². The number of benzene rings is 1. The molecule has 0 unspecified atom stereocenters. The van der Waals surface area contributed by atoms with E-state index in [0.29, 0.717) is 48.4 Å². The van der Waals surface area contributed by atoms with Gasteiger partial charge in [0.25, 0.3) is 0 Å². The molecule has 1 aliphatic carbocycles. The summed E-state index contributed by atoms with van der Waals surface area (Å²) in [5.74, 6) is 1.54. The van der Waals surface area contributed by atoms with Gasteiger partial charge in [0, 0.05) is 24.5 Å². The monoisotopic (exact) mass is 448 g/mol. The fourth-order valence-corrected chi connectivity index (χ4v) is 4.51. The molecular weight excluding hydrogens is 416 g/mol. The Bertz CT molecular complexity index is 792. The Morgan fingerprint density at radius 1 is 1.19 bits per heavy atom. The number of nitrogens with one attached hydrogen (secondary N) is 1. The van der Waals surface area contributed by atoms with E-state index in [1.165, 1.54) is 12.8 Å². The Hall–Kier alpha value is -2.21. The molecule has 7 heteroatoms. The fourth-order valence-electron chi connectivity index (χ4n) is 4.46. The molecule has 1 aromatic carbocycles. The van der Waals surface area contributed by atoms with Crippen LogP contribution < -0.4 is 14.8 Å². The molecule has 1 aromatic rings. The quantitative estimate of drug-likeness (QED) is 0.607. The van der Waals surface area contributed by atoms with Crippen LogP contribution in [0.25, 0.3) is 0 Å². The summed E-state index contributed by atoms with van der Waals surface area (Å²) < 4.78 is 11.1. The zero-order valence-electron chi connectivity index (χ0n) is 18.3. The lowest BCUT2D eigenvalue weighted by atomic mass is 10.0. The van der Waals surface area contributed by atoms with Gasteiger partial charge in [-0.25, -0.2) is 0 Å². The molecule has 170 valence electrons. The number of amides is 2. The lowest BCUT2D eigenvalue weighted by Gasteiger charge is -2.31. The van der Waals surface area contributed by atoms with Crippen molar-refractivity contribution < 1.29 is 19.1 Å². The van der Waals surface area contributed by atoms with Crippen molar-refractivity contribution in [2.24, 2.45) is 5.92 Å². The summed E-state index contributed by atoms with van der Waals surface area (Å²) in [6.07, 6.45) is 7.63. The van der Waals surface area contributed by atoms with Crippen molar-refractivity contribution in [3.63, 3.8) is 0 Å². The van der Waals surface area contributed by atoms with Crippen LogP contribution in [-0.4, -0.2) is 43.0 Å². The van der Waals surface area contributed by atoms with E-state index in [2.05, 4.69) is 11.9 Å². The van der Waals surface area contributed by atoms with Gasteiger partial charge in [-0.15, -0.1) is 0 Å². The molecular formula is C24H33ClN2O4. The normalized spacial score (nSPS) is 19.4. The van der Waals surface area contributed by atoms with E-state index in [1.54, 1.807) is 12.0 Å². The number of hydrogen-bond donors (Lipinski definition) is 1. The van der Waals surface area contributed by atoms with E-state index in [-0.39, 0.29) is 18.4 Å². The lowest BCUT2D eigenvalue weighted by Crippen LogP contribution is -2.48. The van der Waals surface area contributed by atoms with Crippen LogP contribution in [0.15, 0.2) is 29.8 Å². The summed E-state index contributed by atoms with van der Waals surface area (Å²) in [5.41, 5.74) is 0.882. The number of methoxy groups -OCH3 is 1. The predicted octanol–water partition coefficient (Wildman–Crippen LogP) is 4.40. The van der Waals surface area contributed by atoms with E-state index in [0.717, 1.165) is 31.2 Å². The Balaban J connectivity index is 1.82. The Labute approximate surface area is 189 Å². The maximum Gasteiger partial charge on any atom is 0.242 e. The zero-order valence-corrected chi connectivity index (χ0v) is 19.1. The van der Waals surface area contributed by atoms with Crippen LogP contribution >= 0.6 is 11.6 Å². The molecule has 0 bridgehead atoms. The molecule has 1 saturated heterocycles. The summed E-state index contributed by atoms with van der Waals surface area (Å²) in [5, 5.41) is 3.36. The Morgan fingerprint density at radius 3 is 2.65 bits per heavy atom. The van der Waals surface area contributed by atoms with Gasteiger partial charge in [0.15, 0.2) is 11.5 Å². The largest absolute Gasteiger partial charge is 0.493 e. The first-order chi connectivity index (χ1) is 15.0. The van der Waals surface area contributed by atoms with E-state index in [1.807, 2.05) is 18.2 Å². The smallest absolute Gasteiger partial charge is 0.242 e. The molecule has 1 heterocycles. The Morgan fingerprint density at radius 2 is 1.94 bits per heavy atom. The highest BCUT2D eigenvalue weighted by atomic mass is 35.5. The molecule has 0 spiro atoms. The second-order valence-corrected chi connectivity index (χ2v) is 9.00. The van der Waals surface area contributed by atoms with Crippen LogP contribution in [0, 0.1) is 5.92 Å². The van der Waals surface area contributed by atoms with Crippen molar-refractivity contribution in [3.8, 4) is 11.5 Å². The van der Waals surface area contributed by atoms with Crippen molar-refractivity contribution in [1.82, 2.24) is 10.2 Å². The average Bonchev–Trinajstić information content (AvgIpc) is 3.17. The van der Waals surface area contributed by atoms with E-state index < -0.39 is 6.04 Å². The van der Waals surface area contributed by atoms with Gasteiger partial charge in [-0.3, -0.25) is 9.59 Å². The third-order valence-electron chi connectivity index (χ3n) is 6.11. The molecule has 31 heavy (non-hydrogen) atoms. The van der Waals surface area contributed by atoms with Gasteiger partial charge < -0.3 is 19.7 Å². The highest BCUT2D eigenvalue weighted by molar-refractivity contribution is 6.29. The maximum absolute atomic E-state index is 13.3. The molecule has 1 aliphatic heterocycles. The highest BCUT2D eigenvalue weighted by Gasteiger charge is 2.32. The highest BCUT2D eigenvalue weighted by Crippen LogP contribution is 2.32. The number of carbonyl (C=O) groups is 2. The van der Waals surface area contributed by atoms with Crippen molar-refractivity contribution >= 4 is 23.4 Å². The van der Waals surface area contributed by atoms with Gasteiger partial charge in [0.1, 0.15) is 12.6 Å². The summed E-state index contributed by atoms with van der Waals surface area (Å²) in [6, 6.07) is 5.13. The zero-order chi connectivity index (χ0) is 22.2. The summed E-state index contributed by atoms with van der Waals surface area (Å²) >= 11 is 5.85.